The number of thioether (sulfide) groups is 1. The third-order valence-electron chi connectivity index (χ3n) is 2.82. The van der Waals surface area contributed by atoms with Gasteiger partial charge in [0.1, 0.15) is 0 Å². The van der Waals surface area contributed by atoms with Gasteiger partial charge >= 0.3 is 0 Å². The van der Waals surface area contributed by atoms with Crippen LogP contribution < -0.4 is 5.32 Å². The maximum Gasteiger partial charge on any atom is 0.233 e. The molecule has 1 N–H and O–H groups in total. The van der Waals surface area contributed by atoms with Gasteiger partial charge in [0.2, 0.25) is 5.91 Å². The lowest BCUT2D eigenvalue weighted by Gasteiger charge is -2.14. The molecule has 1 aliphatic heterocycles. The highest BCUT2D eigenvalue weighted by molar-refractivity contribution is 8.02. The molecule has 0 aromatic carbocycles. The molecular weight excluding hydrogens is 304 g/mol. The maximum absolute atomic E-state index is 12.0. The highest BCUT2D eigenvalue weighted by atomic mass is 32.2. The predicted molar refractivity (Wildman–Crippen MR) is 77.4 cm³/mol. The zero-order valence-corrected chi connectivity index (χ0v) is 13.2. The Balaban J connectivity index is 1.86. The highest BCUT2D eigenvalue weighted by Crippen LogP contribution is 2.26. The van der Waals surface area contributed by atoms with Crippen molar-refractivity contribution in [3.05, 3.63) is 11.1 Å². The molecule has 5 nitrogen and oxygen atoms in total. The van der Waals surface area contributed by atoms with Crippen molar-refractivity contribution in [3.8, 4) is 0 Å². The Hall–Kier alpha value is -0.600. The number of carbonyl (C=O) groups excluding carboxylic acids is 1. The van der Waals surface area contributed by atoms with Crippen LogP contribution in [0.2, 0.25) is 0 Å². The van der Waals surface area contributed by atoms with E-state index in [1.807, 2.05) is 12.3 Å². The molecule has 0 spiro atoms. The smallest absolute Gasteiger partial charge is 0.233 e. The van der Waals surface area contributed by atoms with Crippen molar-refractivity contribution in [2.75, 3.05) is 11.5 Å². The van der Waals surface area contributed by atoms with Crippen LogP contribution in [0, 0.1) is 6.92 Å². The first kappa shape index (κ1) is 14.8. The minimum Gasteiger partial charge on any atom is -0.351 e. The summed E-state index contributed by atoms with van der Waals surface area (Å²) in [5.74, 6) is 0.109. The van der Waals surface area contributed by atoms with Gasteiger partial charge in [-0.3, -0.25) is 4.79 Å². The van der Waals surface area contributed by atoms with E-state index in [-0.39, 0.29) is 28.7 Å². The molecule has 0 saturated carbocycles. The summed E-state index contributed by atoms with van der Waals surface area (Å²) >= 11 is 2.92. The second-order valence-electron chi connectivity index (χ2n) is 4.62. The Bertz CT molecular complexity index is 567. The third-order valence-corrected chi connectivity index (χ3v) is 6.78. The molecule has 0 bridgehead atoms. The third kappa shape index (κ3) is 4.19. The zero-order chi connectivity index (χ0) is 14.0. The summed E-state index contributed by atoms with van der Waals surface area (Å²) in [6.45, 7) is 3.72. The fraction of sp³-hybridized carbons (Fsp3) is 0.636. The summed E-state index contributed by atoms with van der Waals surface area (Å²) < 4.78 is 23.5. The van der Waals surface area contributed by atoms with Crippen molar-refractivity contribution < 1.29 is 13.2 Å². The molecule has 8 heteroatoms. The van der Waals surface area contributed by atoms with Crippen LogP contribution in [0.4, 0.5) is 0 Å². The minimum atomic E-state index is -2.95. The molecular formula is C11H16N2O3S3. The van der Waals surface area contributed by atoms with E-state index in [1.54, 1.807) is 6.92 Å². The molecule has 0 radical (unpaired) electrons. The summed E-state index contributed by atoms with van der Waals surface area (Å²) in [4.78, 5) is 16.3. The van der Waals surface area contributed by atoms with E-state index < -0.39 is 9.84 Å². The lowest BCUT2D eigenvalue weighted by atomic mass is 10.2. The van der Waals surface area contributed by atoms with Crippen LogP contribution in [0.1, 0.15) is 19.0 Å². The molecule has 0 aliphatic carbocycles. The van der Waals surface area contributed by atoms with Gasteiger partial charge in [0, 0.05) is 17.1 Å². The first-order valence-electron chi connectivity index (χ1n) is 5.95. The van der Waals surface area contributed by atoms with E-state index in [4.69, 9.17) is 0 Å². The average Bonchev–Trinajstić information content (AvgIpc) is 2.85. The first-order chi connectivity index (χ1) is 8.85. The summed E-state index contributed by atoms with van der Waals surface area (Å²) in [5, 5.41) is 4.47. The number of hydrogen-bond acceptors (Lipinski definition) is 6. The van der Waals surface area contributed by atoms with Crippen LogP contribution in [0.3, 0.4) is 0 Å². The van der Waals surface area contributed by atoms with Gasteiger partial charge in [0.05, 0.1) is 16.8 Å². The van der Waals surface area contributed by atoms with Crippen LogP contribution in [0.15, 0.2) is 9.72 Å². The lowest BCUT2D eigenvalue weighted by Crippen LogP contribution is -2.39. The van der Waals surface area contributed by atoms with E-state index in [9.17, 15) is 13.2 Å². The quantitative estimate of drug-likeness (QED) is 0.845. The molecule has 1 fully saturated rings. The highest BCUT2D eigenvalue weighted by Gasteiger charge is 2.30. The Morgan fingerprint density at radius 3 is 2.89 bits per heavy atom. The van der Waals surface area contributed by atoms with Crippen LogP contribution in [-0.4, -0.2) is 42.1 Å². The lowest BCUT2D eigenvalue weighted by molar-refractivity contribution is -0.120. The molecule has 1 amide bonds. The maximum atomic E-state index is 12.0. The molecule has 19 heavy (non-hydrogen) atoms. The largest absolute Gasteiger partial charge is 0.351 e. The zero-order valence-electron chi connectivity index (χ0n) is 10.8. The number of aromatic nitrogens is 1. The molecule has 106 valence electrons. The molecule has 2 heterocycles. The fourth-order valence-corrected chi connectivity index (χ4v) is 5.49. The topological polar surface area (TPSA) is 76.1 Å². The second-order valence-corrected chi connectivity index (χ2v) is 9.30. The van der Waals surface area contributed by atoms with Gasteiger partial charge in [-0.1, -0.05) is 11.8 Å². The Morgan fingerprint density at radius 2 is 2.37 bits per heavy atom. The molecule has 2 rings (SSSR count). The summed E-state index contributed by atoms with van der Waals surface area (Å²) in [6, 6.07) is -0.237. The second kappa shape index (κ2) is 5.80. The van der Waals surface area contributed by atoms with Gasteiger partial charge in [0.25, 0.3) is 0 Å². The van der Waals surface area contributed by atoms with E-state index in [0.29, 0.717) is 6.42 Å². The van der Waals surface area contributed by atoms with E-state index in [1.165, 1.54) is 23.1 Å². The molecule has 1 aromatic heterocycles. The molecule has 1 aromatic rings. The number of rotatable bonds is 4. The number of amides is 1. The standard InChI is InChI=1S/C11H16N2O3S3/c1-7-5-17-11(12-7)18-8(2)10(14)13-9-3-4-19(15,16)6-9/h5,8-9H,3-4,6H2,1-2H3,(H,13,14)/t8-,9-/m0/s1. The fourth-order valence-electron chi connectivity index (χ4n) is 1.82. The number of sulfone groups is 1. The van der Waals surface area contributed by atoms with Crippen molar-refractivity contribution in [3.63, 3.8) is 0 Å². The number of carbonyl (C=O) groups is 1. The molecule has 2 atom stereocenters. The summed E-state index contributed by atoms with van der Waals surface area (Å²) in [7, 11) is -2.95. The van der Waals surface area contributed by atoms with Gasteiger partial charge in [0.15, 0.2) is 14.2 Å². The Kier molecular flexibility index (Phi) is 4.52. The Morgan fingerprint density at radius 1 is 1.63 bits per heavy atom. The van der Waals surface area contributed by atoms with Crippen molar-refractivity contribution in [2.24, 2.45) is 0 Å². The summed E-state index contributed by atoms with van der Waals surface area (Å²) in [5.41, 5.74) is 0.946. The van der Waals surface area contributed by atoms with Crippen LogP contribution in [0.5, 0.6) is 0 Å². The van der Waals surface area contributed by atoms with Gasteiger partial charge in [-0.25, -0.2) is 13.4 Å². The summed E-state index contributed by atoms with van der Waals surface area (Å²) in [6.07, 6.45) is 0.516. The van der Waals surface area contributed by atoms with Gasteiger partial charge in [-0.05, 0) is 20.3 Å². The number of hydrogen-bond donors (Lipinski definition) is 1. The Labute approximate surface area is 121 Å². The normalized spacial score (nSPS) is 23.2. The number of nitrogens with one attached hydrogen (secondary N) is 1. The number of aryl methyl sites for hydroxylation is 1. The SMILES string of the molecule is Cc1csc(S[C@@H](C)C(=O)N[C@H]2CCS(=O)(=O)C2)n1. The first-order valence-corrected chi connectivity index (χ1v) is 9.53. The van der Waals surface area contributed by atoms with Crippen LogP contribution >= 0.6 is 23.1 Å². The predicted octanol–water partition coefficient (Wildman–Crippen LogP) is 1.24. The monoisotopic (exact) mass is 320 g/mol. The van der Waals surface area contributed by atoms with Crippen molar-refractivity contribution in [1.82, 2.24) is 10.3 Å². The van der Waals surface area contributed by atoms with Gasteiger partial charge < -0.3 is 5.32 Å². The number of nitrogens with zero attached hydrogens (tertiary/aromatic N) is 1. The molecule has 1 saturated heterocycles. The average molecular weight is 320 g/mol. The molecule has 1 aliphatic rings. The van der Waals surface area contributed by atoms with Crippen LogP contribution in [-0.2, 0) is 14.6 Å². The van der Waals surface area contributed by atoms with Gasteiger partial charge in [-0.2, -0.15) is 0 Å². The number of thiazole rings is 1. The van der Waals surface area contributed by atoms with E-state index in [2.05, 4.69) is 10.3 Å². The van der Waals surface area contributed by atoms with Crippen molar-refractivity contribution in [2.45, 2.75) is 35.9 Å². The van der Waals surface area contributed by atoms with Crippen LogP contribution in [0.25, 0.3) is 0 Å². The minimum absolute atomic E-state index is 0.0620. The van der Waals surface area contributed by atoms with E-state index >= 15 is 0 Å². The van der Waals surface area contributed by atoms with E-state index in [0.717, 1.165) is 10.0 Å². The molecule has 0 unspecified atom stereocenters. The van der Waals surface area contributed by atoms with Gasteiger partial charge in [-0.15, -0.1) is 11.3 Å². The van der Waals surface area contributed by atoms with Crippen molar-refractivity contribution in [1.29, 1.82) is 0 Å². The van der Waals surface area contributed by atoms with Crippen molar-refractivity contribution >= 4 is 38.8 Å².